The summed E-state index contributed by atoms with van der Waals surface area (Å²) in [5.41, 5.74) is 1.09. The van der Waals surface area contributed by atoms with Gasteiger partial charge in [0.2, 0.25) is 0 Å². The van der Waals surface area contributed by atoms with Crippen molar-refractivity contribution in [2.75, 3.05) is 19.0 Å². The van der Waals surface area contributed by atoms with E-state index in [1.165, 1.54) is 0 Å². The molecule has 0 aliphatic rings. The number of fused-ring (bicyclic) bond motifs is 1. The molecule has 0 radical (unpaired) electrons. The molecule has 68 valence electrons. The van der Waals surface area contributed by atoms with Crippen LogP contribution in [0.25, 0.3) is 5.52 Å². The van der Waals surface area contributed by atoms with E-state index in [0.29, 0.717) is 0 Å². The Hall–Kier alpha value is -1.03. The molecule has 0 saturated carbocycles. The monoisotopic (exact) mass is 239 g/mol. The molecule has 0 spiro atoms. The Kier molecular flexibility index (Phi) is 2.00. The van der Waals surface area contributed by atoms with Gasteiger partial charge >= 0.3 is 0 Å². The van der Waals surface area contributed by atoms with Crippen molar-refractivity contribution in [3.63, 3.8) is 0 Å². The molecule has 13 heavy (non-hydrogen) atoms. The van der Waals surface area contributed by atoms with E-state index in [-0.39, 0.29) is 0 Å². The Morgan fingerprint density at radius 1 is 1.38 bits per heavy atom. The molecule has 0 unspecified atom stereocenters. The van der Waals surface area contributed by atoms with Gasteiger partial charge in [-0.2, -0.15) is 0 Å². The Morgan fingerprint density at radius 3 is 2.85 bits per heavy atom. The summed E-state index contributed by atoms with van der Waals surface area (Å²) in [4.78, 5) is 6.25. The number of anilines is 1. The zero-order valence-electron chi connectivity index (χ0n) is 7.53. The van der Waals surface area contributed by atoms with Crippen LogP contribution in [0, 0.1) is 0 Å². The topological polar surface area (TPSA) is 20.5 Å². The number of halogens is 1. The van der Waals surface area contributed by atoms with Gasteiger partial charge < -0.3 is 4.90 Å². The summed E-state index contributed by atoms with van der Waals surface area (Å²) < 4.78 is 2.93. The summed E-state index contributed by atoms with van der Waals surface area (Å²) in [5, 5.41) is 0. The summed E-state index contributed by atoms with van der Waals surface area (Å²) in [6, 6.07) is 6.11. The molecule has 2 aromatic rings. The first kappa shape index (κ1) is 8.56. The fourth-order valence-electron chi connectivity index (χ4n) is 1.34. The van der Waals surface area contributed by atoms with Crippen molar-refractivity contribution >= 4 is 27.3 Å². The maximum Gasteiger partial charge on any atom is 0.131 e. The van der Waals surface area contributed by atoms with Gasteiger partial charge in [0.05, 0.1) is 5.52 Å². The quantitative estimate of drug-likeness (QED) is 0.761. The SMILES string of the molecule is CN(C)c1cccc2c(Br)ncn12. The van der Waals surface area contributed by atoms with Crippen LogP contribution in [0.2, 0.25) is 0 Å². The first-order valence-electron chi connectivity index (χ1n) is 3.99. The van der Waals surface area contributed by atoms with Gasteiger partial charge in [0.15, 0.2) is 0 Å². The first-order valence-corrected chi connectivity index (χ1v) is 4.78. The third-order valence-electron chi connectivity index (χ3n) is 1.96. The second-order valence-corrected chi connectivity index (χ2v) is 3.82. The lowest BCUT2D eigenvalue weighted by molar-refractivity contribution is 1.02. The van der Waals surface area contributed by atoms with Gasteiger partial charge in [-0.15, -0.1) is 0 Å². The number of imidazole rings is 1. The van der Waals surface area contributed by atoms with Crippen LogP contribution < -0.4 is 4.90 Å². The fourth-order valence-corrected chi connectivity index (χ4v) is 1.75. The van der Waals surface area contributed by atoms with Crippen LogP contribution >= 0.6 is 15.9 Å². The van der Waals surface area contributed by atoms with Crippen molar-refractivity contribution < 1.29 is 0 Å². The first-order chi connectivity index (χ1) is 6.20. The summed E-state index contributed by atoms with van der Waals surface area (Å²) >= 11 is 3.40. The highest BCUT2D eigenvalue weighted by Gasteiger charge is 2.04. The van der Waals surface area contributed by atoms with Crippen molar-refractivity contribution in [2.24, 2.45) is 0 Å². The van der Waals surface area contributed by atoms with Gasteiger partial charge in [-0.05, 0) is 28.1 Å². The van der Waals surface area contributed by atoms with Crippen molar-refractivity contribution in [3.8, 4) is 0 Å². The molecule has 0 aromatic carbocycles. The van der Waals surface area contributed by atoms with Gasteiger partial charge in [-0.25, -0.2) is 4.98 Å². The van der Waals surface area contributed by atoms with Crippen LogP contribution in [0.15, 0.2) is 29.1 Å². The highest BCUT2D eigenvalue weighted by atomic mass is 79.9. The zero-order chi connectivity index (χ0) is 9.42. The minimum absolute atomic E-state index is 0.885. The molecule has 2 heterocycles. The molecule has 0 bridgehead atoms. The van der Waals surface area contributed by atoms with Gasteiger partial charge in [0, 0.05) is 14.1 Å². The highest BCUT2D eigenvalue weighted by Crippen LogP contribution is 2.20. The molecule has 0 aliphatic carbocycles. The van der Waals surface area contributed by atoms with Crippen molar-refractivity contribution in [3.05, 3.63) is 29.1 Å². The standard InChI is InChI=1S/C9H10BrN3/c1-12(2)8-5-3-4-7-9(10)11-6-13(7)8/h3-6H,1-2H3. The average molecular weight is 240 g/mol. The molecule has 3 nitrogen and oxygen atoms in total. The molecular weight excluding hydrogens is 230 g/mol. The van der Waals surface area contributed by atoms with E-state index in [2.05, 4.69) is 31.9 Å². The molecule has 2 aromatic heterocycles. The predicted molar refractivity (Wildman–Crippen MR) is 57.2 cm³/mol. The van der Waals surface area contributed by atoms with Gasteiger partial charge in [-0.3, -0.25) is 4.40 Å². The number of nitrogens with zero attached hydrogens (tertiary/aromatic N) is 3. The van der Waals surface area contributed by atoms with E-state index in [0.717, 1.165) is 15.9 Å². The summed E-state index contributed by atoms with van der Waals surface area (Å²) in [6.07, 6.45) is 1.81. The molecule has 4 heteroatoms. The number of pyridine rings is 1. The maximum atomic E-state index is 4.19. The normalized spacial score (nSPS) is 10.7. The molecule has 0 atom stereocenters. The smallest absolute Gasteiger partial charge is 0.131 e. The van der Waals surface area contributed by atoms with E-state index in [4.69, 9.17) is 0 Å². The summed E-state index contributed by atoms with van der Waals surface area (Å²) in [6.45, 7) is 0. The molecule has 2 rings (SSSR count). The number of hydrogen-bond donors (Lipinski definition) is 0. The minimum atomic E-state index is 0.885. The largest absolute Gasteiger partial charge is 0.364 e. The van der Waals surface area contributed by atoms with Crippen molar-refractivity contribution in [1.29, 1.82) is 0 Å². The predicted octanol–water partition coefficient (Wildman–Crippen LogP) is 2.16. The van der Waals surface area contributed by atoms with E-state index in [1.54, 1.807) is 0 Å². The number of rotatable bonds is 1. The lowest BCUT2D eigenvalue weighted by Crippen LogP contribution is -2.12. The van der Waals surface area contributed by atoms with E-state index >= 15 is 0 Å². The second-order valence-electron chi connectivity index (χ2n) is 3.07. The molecule has 0 N–H and O–H groups in total. The Labute approximate surface area is 85.1 Å². The number of hydrogen-bond acceptors (Lipinski definition) is 2. The second kappa shape index (κ2) is 3.03. The average Bonchev–Trinajstić information content (AvgIpc) is 2.48. The molecule has 0 fully saturated rings. The van der Waals surface area contributed by atoms with Crippen LogP contribution in [-0.2, 0) is 0 Å². The molecule has 0 aliphatic heterocycles. The van der Waals surface area contributed by atoms with Crippen LogP contribution in [0.3, 0.4) is 0 Å². The van der Waals surface area contributed by atoms with Gasteiger partial charge in [0.1, 0.15) is 16.7 Å². The van der Waals surface area contributed by atoms with Gasteiger partial charge in [-0.1, -0.05) is 6.07 Å². The maximum absolute atomic E-state index is 4.19. The Morgan fingerprint density at radius 2 is 2.15 bits per heavy atom. The van der Waals surface area contributed by atoms with Crippen LogP contribution in [0.4, 0.5) is 5.82 Å². The van der Waals surface area contributed by atoms with Gasteiger partial charge in [0.25, 0.3) is 0 Å². The lowest BCUT2D eigenvalue weighted by atomic mass is 10.4. The minimum Gasteiger partial charge on any atom is -0.364 e. The third-order valence-corrected chi connectivity index (χ3v) is 2.57. The van der Waals surface area contributed by atoms with E-state index in [9.17, 15) is 0 Å². The Balaban J connectivity index is 2.77. The van der Waals surface area contributed by atoms with Crippen LogP contribution in [0.5, 0.6) is 0 Å². The molecular formula is C9H10BrN3. The summed E-state index contributed by atoms with van der Waals surface area (Å²) in [5.74, 6) is 1.12. The zero-order valence-corrected chi connectivity index (χ0v) is 9.12. The van der Waals surface area contributed by atoms with Crippen LogP contribution in [-0.4, -0.2) is 23.5 Å². The van der Waals surface area contributed by atoms with Crippen LogP contribution in [0.1, 0.15) is 0 Å². The molecule has 0 amide bonds. The third kappa shape index (κ3) is 1.31. The van der Waals surface area contributed by atoms with Crippen molar-refractivity contribution in [2.45, 2.75) is 0 Å². The number of aromatic nitrogens is 2. The summed E-state index contributed by atoms with van der Waals surface area (Å²) in [7, 11) is 4.03. The molecule has 0 saturated heterocycles. The van der Waals surface area contributed by atoms with E-state index in [1.807, 2.05) is 37.0 Å². The van der Waals surface area contributed by atoms with E-state index < -0.39 is 0 Å². The fraction of sp³-hybridized carbons (Fsp3) is 0.222. The lowest BCUT2D eigenvalue weighted by Gasteiger charge is -2.13. The van der Waals surface area contributed by atoms with Crippen molar-refractivity contribution in [1.82, 2.24) is 9.38 Å². The highest BCUT2D eigenvalue weighted by molar-refractivity contribution is 9.10. The Bertz CT molecular complexity index is 433.